The highest BCUT2D eigenvalue weighted by Gasteiger charge is 2.29. The summed E-state index contributed by atoms with van der Waals surface area (Å²) in [5.74, 6) is 0.183. The van der Waals surface area contributed by atoms with Crippen molar-refractivity contribution in [1.29, 1.82) is 5.26 Å². The van der Waals surface area contributed by atoms with Gasteiger partial charge in [0, 0.05) is 6.04 Å². The molecule has 128 valence electrons. The van der Waals surface area contributed by atoms with E-state index in [-0.39, 0.29) is 17.1 Å². The van der Waals surface area contributed by atoms with E-state index >= 15 is 0 Å². The first-order chi connectivity index (χ1) is 11.4. The van der Waals surface area contributed by atoms with Crippen LogP contribution in [0.5, 0.6) is 5.75 Å². The van der Waals surface area contributed by atoms with E-state index in [1.165, 1.54) is 6.08 Å². The molecule has 24 heavy (non-hydrogen) atoms. The predicted octanol–water partition coefficient (Wildman–Crippen LogP) is 1.69. The summed E-state index contributed by atoms with van der Waals surface area (Å²) in [5.41, 5.74) is 0.645. The SMILES string of the molecule is CCCOc1ccc(/C=C(\C#N)C(=O)N[C@H]2CCS(=O)(=O)C2)cc1. The summed E-state index contributed by atoms with van der Waals surface area (Å²) in [5, 5.41) is 11.8. The van der Waals surface area contributed by atoms with Gasteiger partial charge in [0.2, 0.25) is 0 Å². The molecule has 0 radical (unpaired) electrons. The van der Waals surface area contributed by atoms with E-state index in [1.54, 1.807) is 24.3 Å². The lowest BCUT2D eigenvalue weighted by molar-refractivity contribution is -0.117. The van der Waals surface area contributed by atoms with Crippen LogP contribution in [0.2, 0.25) is 0 Å². The van der Waals surface area contributed by atoms with Crippen molar-refractivity contribution in [2.75, 3.05) is 18.1 Å². The molecular weight excluding hydrogens is 328 g/mol. The maximum Gasteiger partial charge on any atom is 0.262 e. The van der Waals surface area contributed by atoms with Crippen LogP contribution in [0.1, 0.15) is 25.3 Å². The molecule has 0 unspecified atom stereocenters. The Kier molecular flexibility index (Phi) is 5.99. The molecular formula is C17H20N2O4S. The van der Waals surface area contributed by atoms with Gasteiger partial charge in [-0.25, -0.2) is 8.42 Å². The van der Waals surface area contributed by atoms with Crippen molar-refractivity contribution in [3.63, 3.8) is 0 Å². The van der Waals surface area contributed by atoms with Crippen molar-refractivity contribution in [1.82, 2.24) is 5.32 Å². The lowest BCUT2D eigenvalue weighted by atomic mass is 10.1. The number of sulfone groups is 1. The summed E-state index contributed by atoms with van der Waals surface area (Å²) in [6.45, 7) is 2.65. The van der Waals surface area contributed by atoms with Crippen LogP contribution in [0.15, 0.2) is 29.8 Å². The van der Waals surface area contributed by atoms with Crippen LogP contribution in [-0.2, 0) is 14.6 Å². The minimum absolute atomic E-state index is 0.0541. The predicted molar refractivity (Wildman–Crippen MR) is 91.0 cm³/mol. The smallest absolute Gasteiger partial charge is 0.262 e. The Morgan fingerprint density at radius 1 is 1.42 bits per heavy atom. The first-order valence-electron chi connectivity index (χ1n) is 7.79. The molecule has 6 nitrogen and oxygen atoms in total. The third-order valence-electron chi connectivity index (χ3n) is 3.60. The van der Waals surface area contributed by atoms with Crippen molar-refractivity contribution in [2.45, 2.75) is 25.8 Å². The van der Waals surface area contributed by atoms with Crippen molar-refractivity contribution in [2.24, 2.45) is 0 Å². The van der Waals surface area contributed by atoms with Crippen LogP contribution in [0.3, 0.4) is 0 Å². The molecule has 0 saturated carbocycles. The van der Waals surface area contributed by atoms with E-state index in [0.29, 0.717) is 18.6 Å². The highest BCUT2D eigenvalue weighted by molar-refractivity contribution is 7.91. The Balaban J connectivity index is 2.03. The number of nitrogens with zero attached hydrogens (tertiary/aromatic N) is 1. The van der Waals surface area contributed by atoms with Gasteiger partial charge in [-0.3, -0.25) is 4.79 Å². The van der Waals surface area contributed by atoms with Crippen LogP contribution in [0.25, 0.3) is 6.08 Å². The molecule has 0 bridgehead atoms. The van der Waals surface area contributed by atoms with Crippen molar-refractivity contribution in [3.8, 4) is 11.8 Å². The number of nitriles is 1. The Morgan fingerprint density at radius 2 is 2.12 bits per heavy atom. The lowest BCUT2D eigenvalue weighted by Crippen LogP contribution is -2.36. The lowest BCUT2D eigenvalue weighted by Gasteiger charge is -2.10. The molecule has 0 aromatic heterocycles. The number of carbonyl (C=O) groups is 1. The zero-order chi connectivity index (χ0) is 17.6. The van der Waals surface area contributed by atoms with Gasteiger partial charge in [-0.1, -0.05) is 19.1 Å². The normalized spacial score (nSPS) is 19.5. The van der Waals surface area contributed by atoms with Gasteiger partial charge in [0.25, 0.3) is 5.91 Å². The van der Waals surface area contributed by atoms with Gasteiger partial charge in [0.05, 0.1) is 18.1 Å². The van der Waals surface area contributed by atoms with Gasteiger partial charge in [-0.05, 0) is 36.6 Å². The van der Waals surface area contributed by atoms with E-state index < -0.39 is 21.8 Å². The Hall–Kier alpha value is -2.33. The van der Waals surface area contributed by atoms with E-state index in [2.05, 4.69) is 5.32 Å². The highest BCUT2D eigenvalue weighted by atomic mass is 32.2. The maximum absolute atomic E-state index is 12.1. The molecule has 2 rings (SSSR count). The summed E-state index contributed by atoms with van der Waals surface area (Å²) in [7, 11) is -3.08. The quantitative estimate of drug-likeness (QED) is 0.623. The van der Waals surface area contributed by atoms with Crippen LogP contribution in [0.4, 0.5) is 0 Å². The zero-order valence-corrected chi connectivity index (χ0v) is 14.3. The second kappa shape index (κ2) is 7.97. The number of nitrogens with one attached hydrogen (secondary N) is 1. The van der Waals surface area contributed by atoms with Gasteiger partial charge in [-0.2, -0.15) is 5.26 Å². The molecule has 0 aliphatic carbocycles. The molecule has 0 spiro atoms. The fourth-order valence-electron chi connectivity index (χ4n) is 2.37. The summed E-state index contributed by atoms with van der Waals surface area (Å²) in [6.07, 6.45) is 2.77. The van der Waals surface area contributed by atoms with Crippen LogP contribution < -0.4 is 10.1 Å². The van der Waals surface area contributed by atoms with E-state index in [1.807, 2.05) is 13.0 Å². The second-order valence-electron chi connectivity index (χ2n) is 5.66. The number of amides is 1. The van der Waals surface area contributed by atoms with Gasteiger partial charge in [0.15, 0.2) is 9.84 Å². The molecule has 1 aliphatic heterocycles. The zero-order valence-electron chi connectivity index (χ0n) is 13.5. The van der Waals surface area contributed by atoms with Crippen LogP contribution >= 0.6 is 0 Å². The summed E-state index contributed by atoms with van der Waals surface area (Å²) in [6, 6.07) is 8.51. The fraction of sp³-hybridized carbons (Fsp3) is 0.412. The van der Waals surface area contributed by atoms with E-state index in [0.717, 1.165) is 12.2 Å². The number of benzene rings is 1. The molecule has 1 aromatic rings. The third-order valence-corrected chi connectivity index (χ3v) is 5.36. The number of rotatable bonds is 6. The maximum atomic E-state index is 12.1. The third kappa shape index (κ3) is 5.10. The summed E-state index contributed by atoms with van der Waals surface area (Å²) < 4.78 is 28.3. The molecule has 1 aromatic carbocycles. The van der Waals surface area contributed by atoms with Gasteiger partial charge in [0.1, 0.15) is 17.4 Å². The number of hydrogen-bond acceptors (Lipinski definition) is 5. The van der Waals surface area contributed by atoms with Crippen molar-refractivity contribution < 1.29 is 17.9 Å². The van der Waals surface area contributed by atoms with Gasteiger partial charge >= 0.3 is 0 Å². The molecule has 1 amide bonds. The Labute approximate surface area is 142 Å². The van der Waals surface area contributed by atoms with Gasteiger partial charge in [-0.15, -0.1) is 0 Å². The molecule has 1 heterocycles. The van der Waals surface area contributed by atoms with Crippen molar-refractivity contribution >= 4 is 21.8 Å². The van der Waals surface area contributed by atoms with Gasteiger partial charge < -0.3 is 10.1 Å². The second-order valence-corrected chi connectivity index (χ2v) is 7.89. The number of hydrogen-bond donors (Lipinski definition) is 1. The summed E-state index contributed by atoms with van der Waals surface area (Å²) >= 11 is 0. The Morgan fingerprint density at radius 3 is 2.67 bits per heavy atom. The average molecular weight is 348 g/mol. The molecule has 1 aliphatic rings. The van der Waals surface area contributed by atoms with Crippen LogP contribution in [-0.4, -0.2) is 38.5 Å². The minimum atomic E-state index is -3.08. The highest BCUT2D eigenvalue weighted by Crippen LogP contribution is 2.16. The number of carbonyl (C=O) groups excluding carboxylic acids is 1. The first-order valence-corrected chi connectivity index (χ1v) is 9.61. The average Bonchev–Trinajstić information content (AvgIpc) is 2.90. The Bertz CT molecular complexity index is 761. The molecule has 7 heteroatoms. The van der Waals surface area contributed by atoms with Crippen LogP contribution in [0, 0.1) is 11.3 Å². The fourth-order valence-corrected chi connectivity index (χ4v) is 4.04. The topological polar surface area (TPSA) is 96.3 Å². The first kappa shape index (κ1) is 18.0. The van der Waals surface area contributed by atoms with E-state index in [4.69, 9.17) is 4.74 Å². The standard InChI is InChI=1S/C17H20N2O4S/c1-2-8-23-16-5-3-13(4-6-16)10-14(11-18)17(20)19-15-7-9-24(21,22)12-15/h3-6,10,15H,2,7-9,12H2,1H3,(H,19,20)/b14-10+/t15-/m0/s1. The largest absolute Gasteiger partial charge is 0.494 e. The number of ether oxygens (including phenoxy) is 1. The minimum Gasteiger partial charge on any atom is -0.494 e. The molecule has 1 N–H and O–H groups in total. The molecule has 1 fully saturated rings. The summed E-state index contributed by atoms with van der Waals surface area (Å²) in [4.78, 5) is 12.1. The van der Waals surface area contributed by atoms with Crippen molar-refractivity contribution in [3.05, 3.63) is 35.4 Å². The molecule has 1 saturated heterocycles. The molecule has 1 atom stereocenters. The van der Waals surface area contributed by atoms with E-state index in [9.17, 15) is 18.5 Å². The monoisotopic (exact) mass is 348 g/mol.